The van der Waals surface area contributed by atoms with E-state index in [1.165, 1.54) is 38.5 Å². The van der Waals surface area contributed by atoms with E-state index in [0.717, 1.165) is 83.5 Å². The van der Waals surface area contributed by atoms with Gasteiger partial charge < -0.3 is 20.3 Å². The first-order valence-corrected chi connectivity index (χ1v) is 23.5. The summed E-state index contributed by atoms with van der Waals surface area (Å²) in [4.78, 5) is 26.0. The van der Waals surface area contributed by atoms with Crippen LogP contribution in [0, 0.1) is 0 Å². The fourth-order valence-electron chi connectivity index (χ4n) is 6.13. The Balaban J connectivity index is 4.89. The second-order valence-electron chi connectivity index (χ2n) is 15.2. The van der Waals surface area contributed by atoms with E-state index < -0.39 is 18.2 Å². The first-order valence-electron chi connectivity index (χ1n) is 23.5. The summed E-state index contributed by atoms with van der Waals surface area (Å²) in [7, 11) is 0. The normalized spacial score (nSPS) is 14.6. The number of carbonyl (C=O) groups is 2. The minimum Gasteiger partial charge on any atom is -0.461 e. The van der Waals surface area contributed by atoms with E-state index in [9.17, 15) is 19.8 Å². The van der Waals surface area contributed by atoms with Crippen LogP contribution >= 0.6 is 0 Å². The molecule has 3 unspecified atom stereocenters. The number of nitrogens with one attached hydrogen (secondary N) is 1. The van der Waals surface area contributed by atoms with Gasteiger partial charge in [-0.2, -0.15) is 0 Å². The predicted octanol–water partition coefficient (Wildman–Crippen LogP) is 13.9. The van der Waals surface area contributed by atoms with Crippen LogP contribution in [-0.4, -0.2) is 46.9 Å². The van der Waals surface area contributed by atoms with Crippen LogP contribution in [0.25, 0.3) is 0 Å². The van der Waals surface area contributed by atoms with Gasteiger partial charge in [-0.25, -0.2) is 0 Å². The van der Waals surface area contributed by atoms with Gasteiger partial charge >= 0.3 is 5.97 Å². The lowest BCUT2D eigenvalue weighted by Gasteiger charge is -2.24. The summed E-state index contributed by atoms with van der Waals surface area (Å²) < 4.78 is 5.82. The van der Waals surface area contributed by atoms with Crippen LogP contribution in [0.3, 0.4) is 0 Å². The minimum absolute atomic E-state index is 0.0290. The van der Waals surface area contributed by atoms with Crippen molar-refractivity contribution in [3.63, 3.8) is 0 Å². The van der Waals surface area contributed by atoms with Gasteiger partial charge in [0, 0.05) is 12.8 Å². The van der Waals surface area contributed by atoms with Crippen molar-refractivity contribution in [2.24, 2.45) is 0 Å². The fraction of sp³-hybridized carbons (Fsp3) is 0.556. The SMILES string of the molecule is CC\C=C/C=C/C=C/C=C\C=C\C=C\CCCCCC(=O)OC(C/C=C\C/C=C\C/C=C\C/C=C\C/C=C\CC)CC(=O)NC(CO)C(O)CCCCCCCCCCC. The molecular weight excluding hydrogens is 743 g/mol. The van der Waals surface area contributed by atoms with E-state index in [2.05, 4.69) is 86.8 Å². The lowest BCUT2D eigenvalue weighted by Crippen LogP contribution is -2.46. The molecule has 0 bridgehead atoms. The van der Waals surface area contributed by atoms with Crippen LogP contribution in [-0.2, 0) is 14.3 Å². The van der Waals surface area contributed by atoms with Crippen molar-refractivity contribution >= 4 is 11.9 Å². The van der Waals surface area contributed by atoms with Crippen LogP contribution in [0.2, 0.25) is 0 Å². The Kier molecular flexibility index (Phi) is 43.0. The average Bonchev–Trinajstić information content (AvgIpc) is 3.24. The molecule has 0 spiro atoms. The van der Waals surface area contributed by atoms with Crippen molar-refractivity contribution in [3.05, 3.63) is 134 Å². The molecule has 336 valence electrons. The Morgan fingerprint density at radius 1 is 0.533 bits per heavy atom. The molecule has 0 radical (unpaired) electrons. The Hall–Kier alpha value is -4.00. The molecule has 0 aliphatic heterocycles. The number of hydrogen-bond acceptors (Lipinski definition) is 5. The number of aliphatic hydroxyl groups excluding tert-OH is 2. The van der Waals surface area contributed by atoms with Crippen molar-refractivity contribution in [1.29, 1.82) is 0 Å². The van der Waals surface area contributed by atoms with Crippen LogP contribution in [0.15, 0.2) is 134 Å². The standard InChI is InChI=1S/C54H85NO5/c1-4-7-10-13-16-19-21-23-25-26-28-30-32-35-38-41-44-47-54(59)60-50(45-42-39-36-34-31-29-27-24-22-20-17-14-11-8-5-2)48-53(58)55-51(49-56)52(57)46-43-40-37-33-18-15-12-9-6-3/h7-8,10-11,13,16-17,19-21,23-28,30-32,34,39,42,50-52,56-57H,4-6,9,12,14-15,18,22,29,33,35-38,40-41,43-49H2,1-3H3,(H,55,58)/b10-7-,11-8-,16-13+,20-17-,21-19+,25-23-,27-24-,28-26+,32-30+,34-31-,42-39-. The molecule has 0 aliphatic carbocycles. The second-order valence-corrected chi connectivity index (χ2v) is 15.2. The molecule has 0 fully saturated rings. The molecule has 6 heteroatoms. The van der Waals surface area contributed by atoms with Crippen LogP contribution in [0.4, 0.5) is 0 Å². The van der Waals surface area contributed by atoms with Gasteiger partial charge in [0.1, 0.15) is 6.10 Å². The molecular formula is C54H85NO5. The van der Waals surface area contributed by atoms with Gasteiger partial charge in [-0.05, 0) is 64.2 Å². The zero-order chi connectivity index (χ0) is 43.8. The van der Waals surface area contributed by atoms with Gasteiger partial charge in [0.25, 0.3) is 0 Å². The number of amides is 1. The topological polar surface area (TPSA) is 95.9 Å². The number of hydrogen-bond donors (Lipinski definition) is 3. The number of allylic oxidation sites excluding steroid dienone is 21. The van der Waals surface area contributed by atoms with E-state index in [1.54, 1.807) is 0 Å². The average molecular weight is 828 g/mol. The number of unbranched alkanes of at least 4 members (excludes halogenated alkanes) is 11. The summed E-state index contributed by atoms with van der Waals surface area (Å²) in [5.41, 5.74) is 0. The summed E-state index contributed by atoms with van der Waals surface area (Å²) in [5, 5.41) is 23.6. The number of ether oxygens (including phenoxy) is 1. The third-order valence-corrected chi connectivity index (χ3v) is 9.64. The molecule has 0 saturated heterocycles. The fourth-order valence-corrected chi connectivity index (χ4v) is 6.13. The number of esters is 1. The molecule has 0 rings (SSSR count). The maximum Gasteiger partial charge on any atom is 0.306 e. The predicted molar refractivity (Wildman–Crippen MR) is 259 cm³/mol. The summed E-state index contributed by atoms with van der Waals surface area (Å²) in [6.45, 7) is 6.13. The quantitative estimate of drug-likeness (QED) is 0.0248. The second kappa shape index (κ2) is 46.1. The monoisotopic (exact) mass is 828 g/mol. The maximum atomic E-state index is 13.1. The highest BCUT2D eigenvalue weighted by Crippen LogP contribution is 2.14. The molecule has 0 aromatic carbocycles. The van der Waals surface area contributed by atoms with Gasteiger partial charge in [0.2, 0.25) is 5.91 Å². The highest BCUT2D eigenvalue weighted by molar-refractivity contribution is 5.77. The smallest absolute Gasteiger partial charge is 0.306 e. The van der Waals surface area contributed by atoms with Crippen molar-refractivity contribution < 1.29 is 24.5 Å². The van der Waals surface area contributed by atoms with E-state index >= 15 is 0 Å². The molecule has 0 aromatic heterocycles. The van der Waals surface area contributed by atoms with Crippen molar-refractivity contribution in [2.45, 2.75) is 187 Å². The molecule has 0 saturated carbocycles. The molecule has 0 aromatic rings. The summed E-state index contributed by atoms with van der Waals surface area (Å²) in [5.74, 6) is -0.651. The van der Waals surface area contributed by atoms with Gasteiger partial charge in [-0.3, -0.25) is 9.59 Å². The largest absolute Gasteiger partial charge is 0.461 e. The number of aliphatic hydroxyl groups is 2. The van der Waals surface area contributed by atoms with Crippen LogP contribution in [0.5, 0.6) is 0 Å². The highest BCUT2D eigenvalue weighted by atomic mass is 16.5. The lowest BCUT2D eigenvalue weighted by molar-refractivity contribution is -0.150. The summed E-state index contributed by atoms with van der Waals surface area (Å²) in [6, 6.07) is -0.750. The highest BCUT2D eigenvalue weighted by Gasteiger charge is 2.23. The summed E-state index contributed by atoms with van der Waals surface area (Å²) in [6.07, 6.45) is 65.2. The molecule has 6 nitrogen and oxygen atoms in total. The van der Waals surface area contributed by atoms with Crippen molar-refractivity contribution in [3.8, 4) is 0 Å². The molecule has 60 heavy (non-hydrogen) atoms. The Bertz CT molecular complexity index is 1340. The van der Waals surface area contributed by atoms with Gasteiger partial charge in [-0.15, -0.1) is 0 Å². The van der Waals surface area contributed by atoms with E-state index in [1.807, 2.05) is 72.9 Å². The van der Waals surface area contributed by atoms with Gasteiger partial charge in [0.15, 0.2) is 0 Å². The van der Waals surface area contributed by atoms with Gasteiger partial charge in [-0.1, -0.05) is 219 Å². The molecule has 1 amide bonds. The Labute approximate surface area is 367 Å². The zero-order valence-corrected chi connectivity index (χ0v) is 38.0. The van der Waals surface area contributed by atoms with Gasteiger partial charge in [0.05, 0.1) is 25.2 Å². The molecule has 0 aliphatic rings. The Morgan fingerprint density at radius 3 is 1.53 bits per heavy atom. The molecule has 3 N–H and O–H groups in total. The number of carbonyl (C=O) groups excluding carboxylic acids is 2. The van der Waals surface area contributed by atoms with Crippen LogP contribution < -0.4 is 5.32 Å². The zero-order valence-electron chi connectivity index (χ0n) is 38.0. The third kappa shape index (κ3) is 40.8. The first-order chi connectivity index (χ1) is 29.5. The lowest BCUT2D eigenvalue weighted by atomic mass is 10.0. The van der Waals surface area contributed by atoms with Crippen LogP contribution in [0.1, 0.15) is 168 Å². The van der Waals surface area contributed by atoms with Crippen molar-refractivity contribution in [1.82, 2.24) is 5.32 Å². The van der Waals surface area contributed by atoms with E-state index in [-0.39, 0.29) is 24.9 Å². The Morgan fingerprint density at radius 2 is 1.00 bits per heavy atom. The third-order valence-electron chi connectivity index (χ3n) is 9.64. The summed E-state index contributed by atoms with van der Waals surface area (Å²) >= 11 is 0. The van der Waals surface area contributed by atoms with E-state index in [0.29, 0.717) is 19.3 Å². The molecule has 0 heterocycles. The molecule has 3 atom stereocenters. The number of rotatable bonds is 39. The minimum atomic E-state index is -0.827. The van der Waals surface area contributed by atoms with Crippen molar-refractivity contribution in [2.75, 3.05) is 6.61 Å². The first kappa shape index (κ1) is 56.0. The maximum absolute atomic E-state index is 13.1. The van der Waals surface area contributed by atoms with E-state index in [4.69, 9.17) is 4.74 Å².